The molecule has 0 bridgehead atoms. The molecular weight excluding hydrogens is 256 g/mol. The molecule has 2 fully saturated rings. The van der Waals surface area contributed by atoms with Gasteiger partial charge in [-0.05, 0) is 25.2 Å². The Morgan fingerprint density at radius 3 is 3.15 bits per heavy atom. The first kappa shape index (κ1) is 12.3. The highest BCUT2D eigenvalue weighted by molar-refractivity contribution is 5.82. The highest BCUT2D eigenvalue weighted by atomic mass is 16.5. The predicted octanol–water partition coefficient (Wildman–Crippen LogP) is 0.108. The average molecular weight is 276 g/mol. The average Bonchev–Trinajstić information content (AvgIpc) is 3.01. The lowest BCUT2D eigenvalue weighted by Crippen LogP contribution is -2.52. The smallest absolute Gasteiger partial charge is 0.237 e. The molecule has 1 amide bonds. The number of ether oxygens (including phenoxy) is 1. The Morgan fingerprint density at radius 2 is 2.30 bits per heavy atom. The fraction of sp³-hybridized carbons (Fsp3) is 0.714. The highest BCUT2D eigenvalue weighted by Gasteiger charge is 2.41. The van der Waals surface area contributed by atoms with Gasteiger partial charge in [0.1, 0.15) is 0 Å². The van der Waals surface area contributed by atoms with Crippen molar-refractivity contribution in [2.24, 2.45) is 5.92 Å². The number of hydrogen-bond donors (Lipinski definition) is 3. The summed E-state index contributed by atoms with van der Waals surface area (Å²) in [6.07, 6.45) is 6.02. The zero-order chi connectivity index (χ0) is 13.5. The molecular formula is C14H20N4O2. The SMILES string of the molecule is O=C(NC1CCOC1C1CC1)C1Cc2nc[nH]c2CN1. The molecule has 1 saturated heterocycles. The van der Waals surface area contributed by atoms with E-state index in [1.54, 1.807) is 6.33 Å². The molecule has 0 spiro atoms. The lowest BCUT2D eigenvalue weighted by Gasteiger charge is -2.26. The predicted molar refractivity (Wildman–Crippen MR) is 71.9 cm³/mol. The molecule has 3 unspecified atom stereocenters. The van der Waals surface area contributed by atoms with E-state index in [2.05, 4.69) is 20.6 Å². The van der Waals surface area contributed by atoms with E-state index < -0.39 is 0 Å². The molecule has 6 heteroatoms. The number of H-pyrrole nitrogens is 1. The summed E-state index contributed by atoms with van der Waals surface area (Å²) in [7, 11) is 0. The van der Waals surface area contributed by atoms with E-state index in [-0.39, 0.29) is 24.1 Å². The van der Waals surface area contributed by atoms with Crippen LogP contribution in [-0.2, 0) is 22.5 Å². The molecule has 6 nitrogen and oxygen atoms in total. The topological polar surface area (TPSA) is 79.0 Å². The number of aromatic amines is 1. The van der Waals surface area contributed by atoms with Crippen LogP contribution >= 0.6 is 0 Å². The van der Waals surface area contributed by atoms with Crippen molar-refractivity contribution in [3.8, 4) is 0 Å². The van der Waals surface area contributed by atoms with Crippen molar-refractivity contribution in [2.75, 3.05) is 6.61 Å². The van der Waals surface area contributed by atoms with Gasteiger partial charge in [-0.1, -0.05) is 0 Å². The Balaban J connectivity index is 1.38. The fourth-order valence-corrected chi connectivity index (χ4v) is 3.29. The zero-order valence-electron chi connectivity index (χ0n) is 11.4. The quantitative estimate of drug-likeness (QED) is 0.732. The van der Waals surface area contributed by atoms with Gasteiger partial charge < -0.3 is 15.0 Å². The second-order valence-corrected chi connectivity index (χ2v) is 6.04. The first-order valence-electron chi connectivity index (χ1n) is 7.48. The van der Waals surface area contributed by atoms with Gasteiger partial charge in [0.05, 0.1) is 35.9 Å². The molecule has 2 aliphatic heterocycles. The second-order valence-electron chi connectivity index (χ2n) is 6.04. The minimum Gasteiger partial charge on any atom is -0.376 e. The van der Waals surface area contributed by atoms with Gasteiger partial charge in [0.25, 0.3) is 0 Å². The van der Waals surface area contributed by atoms with Crippen LogP contribution < -0.4 is 10.6 Å². The molecule has 3 N–H and O–H groups in total. The molecule has 1 aromatic heterocycles. The van der Waals surface area contributed by atoms with Crippen LogP contribution in [0, 0.1) is 5.92 Å². The second kappa shape index (κ2) is 4.86. The minimum atomic E-state index is -0.175. The number of fused-ring (bicyclic) bond motifs is 1. The third-order valence-electron chi connectivity index (χ3n) is 4.60. The van der Waals surface area contributed by atoms with E-state index in [9.17, 15) is 4.79 Å². The van der Waals surface area contributed by atoms with Crippen molar-refractivity contribution in [3.05, 3.63) is 17.7 Å². The van der Waals surface area contributed by atoms with Crippen molar-refractivity contribution >= 4 is 5.91 Å². The van der Waals surface area contributed by atoms with E-state index in [0.29, 0.717) is 18.9 Å². The summed E-state index contributed by atoms with van der Waals surface area (Å²) in [5, 5.41) is 6.45. The molecule has 3 atom stereocenters. The third kappa shape index (κ3) is 2.23. The van der Waals surface area contributed by atoms with Crippen LogP contribution in [0.2, 0.25) is 0 Å². The van der Waals surface area contributed by atoms with Gasteiger partial charge in [0.2, 0.25) is 5.91 Å². The number of nitrogens with zero attached hydrogens (tertiary/aromatic N) is 1. The Morgan fingerprint density at radius 1 is 1.40 bits per heavy atom. The first-order chi connectivity index (χ1) is 9.81. The van der Waals surface area contributed by atoms with Crippen LogP contribution in [-0.4, -0.2) is 40.7 Å². The van der Waals surface area contributed by atoms with E-state index in [4.69, 9.17) is 4.74 Å². The van der Waals surface area contributed by atoms with Gasteiger partial charge in [-0.2, -0.15) is 0 Å². The van der Waals surface area contributed by atoms with Crippen LogP contribution in [0.4, 0.5) is 0 Å². The van der Waals surface area contributed by atoms with E-state index in [1.165, 1.54) is 12.8 Å². The van der Waals surface area contributed by atoms with E-state index in [1.807, 2.05) is 0 Å². The molecule has 1 aliphatic carbocycles. The number of rotatable bonds is 3. The lowest BCUT2D eigenvalue weighted by atomic mass is 10.0. The van der Waals surface area contributed by atoms with Crippen molar-refractivity contribution in [3.63, 3.8) is 0 Å². The maximum Gasteiger partial charge on any atom is 0.237 e. The molecule has 0 radical (unpaired) electrons. The Kier molecular flexibility index (Phi) is 3.00. The van der Waals surface area contributed by atoms with E-state index >= 15 is 0 Å². The maximum atomic E-state index is 12.4. The standard InChI is InChI=1S/C14H20N4O2/c19-14(11-5-10-12(6-15-11)17-7-16-10)18-9-3-4-20-13(9)8-1-2-8/h7-9,11,13,15H,1-6H2,(H,16,17)(H,18,19). The first-order valence-corrected chi connectivity index (χ1v) is 7.48. The molecule has 0 aromatic carbocycles. The number of amides is 1. The van der Waals surface area contributed by atoms with Gasteiger partial charge in [0, 0.05) is 19.6 Å². The van der Waals surface area contributed by atoms with Crippen molar-refractivity contribution in [1.82, 2.24) is 20.6 Å². The largest absolute Gasteiger partial charge is 0.376 e. The lowest BCUT2D eigenvalue weighted by molar-refractivity contribution is -0.124. The molecule has 1 aromatic rings. The molecule has 108 valence electrons. The van der Waals surface area contributed by atoms with Gasteiger partial charge in [-0.25, -0.2) is 4.98 Å². The van der Waals surface area contributed by atoms with Crippen LogP contribution in [0.1, 0.15) is 30.7 Å². The summed E-state index contributed by atoms with van der Waals surface area (Å²) in [5.74, 6) is 0.750. The molecule has 20 heavy (non-hydrogen) atoms. The van der Waals surface area contributed by atoms with Gasteiger partial charge in [-0.15, -0.1) is 0 Å². The monoisotopic (exact) mass is 276 g/mol. The number of aromatic nitrogens is 2. The van der Waals surface area contributed by atoms with Gasteiger partial charge in [-0.3, -0.25) is 10.1 Å². The summed E-state index contributed by atoms with van der Waals surface area (Å²) in [6, 6.07) is 0.0173. The minimum absolute atomic E-state index is 0.0831. The van der Waals surface area contributed by atoms with Crippen LogP contribution in [0.3, 0.4) is 0 Å². The van der Waals surface area contributed by atoms with Crippen LogP contribution in [0.5, 0.6) is 0 Å². The number of carbonyl (C=O) groups is 1. The highest BCUT2D eigenvalue weighted by Crippen LogP contribution is 2.38. The van der Waals surface area contributed by atoms with Crippen LogP contribution in [0.25, 0.3) is 0 Å². The van der Waals surface area contributed by atoms with Crippen molar-refractivity contribution in [2.45, 2.75) is 50.4 Å². The normalized spacial score (nSPS) is 32.9. The zero-order valence-corrected chi connectivity index (χ0v) is 11.4. The number of imidazole rings is 1. The van der Waals surface area contributed by atoms with Gasteiger partial charge in [0.15, 0.2) is 0 Å². The summed E-state index contributed by atoms with van der Waals surface area (Å²) in [5.41, 5.74) is 2.10. The van der Waals surface area contributed by atoms with Crippen molar-refractivity contribution in [1.29, 1.82) is 0 Å². The van der Waals surface area contributed by atoms with E-state index in [0.717, 1.165) is 24.4 Å². The number of nitrogens with one attached hydrogen (secondary N) is 3. The molecule has 3 heterocycles. The number of carbonyl (C=O) groups excluding carboxylic acids is 1. The maximum absolute atomic E-state index is 12.4. The van der Waals surface area contributed by atoms with Crippen molar-refractivity contribution < 1.29 is 9.53 Å². The Bertz CT molecular complexity index is 511. The van der Waals surface area contributed by atoms with Gasteiger partial charge >= 0.3 is 0 Å². The molecule has 1 saturated carbocycles. The Hall–Kier alpha value is -1.40. The third-order valence-corrected chi connectivity index (χ3v) is 4.60. The summed E-state index contributed by atoms with van der Waals surface area (Å²) >= 11 is 0. The summed E-state index contributed by atoms with van der Waals surface area (Å²) in [6.45, 7) is 1.45. The Labute approximate surface area is 117 Å². The molecule has 4 rings (SSSR count). The molecule has 3 aliphatic rings. The number of hydrogen-bond acceptors (Lipinski definition) is 4. The fourth-order valence-electron chi connectivity index (χ4n) is 3.29. The summed E-state index contributed by atoms with van der Waals surface area (Å²) < 4.78 is 5.77. The summed E-state index contributed by atoms with van der Waals surface area (Å²) in [4.78, 5) is 19.8. The van der Waals surface area contributed by atoms with Crippen LogP contribution in [0.15, 0.2) is 6.33 Å².